The number of hydrogen-bond donors (Lipinski definition) is 1. The lowest BCUT2D eigenvalue weighted by molar-refractivity contribution is 0.0534. The molecule has 1 amide bonds. The van der Waals surface area contributed by atoms with Crippen LogP contribution in [0.25, 0.3) is 10.1 Å². The lowest BCUT2D eigenvalue weighted by atomic mass is 9.79. The van der Waals surface area contributed by atoms with E-state index in [-0.39, 0.29) is 42.2 Å². The van der Waals surface area contributed by atoms with Gasteiger partial charge in [-0.2, -0.15) is 0 Å². The molecule has 0 spiro atoms. The molecular weight excluding hydrogens is 363 g/mol. The van der Waals surface area contributed by atoms with E-state index >= 15 is 0 Å². The third-order valence-corrected chi connectivity index (χ3v) is 6.03. The van der Waals surface area contributed by atoms with Crippen molar-refractivity contribution >= 4 is 39.7 Å². The lowest BCUT2D eigenvalue weighted by Crippen LogP contribution is -2.54. The first kappa shape index (κ1) is 20.1. The van der Waals surface area contributed by atoms with Crippen LogP contribution >= 0.6 is 23.7 Å². The predicted octanol–water partition coefficient (Wildman–Crippen LogP) is 3.81. The van der Waals surface area contributed by atoms with E-state index in [4.69, 9.17) is 10.5 Å². The number of piperidine rings is 1. The minimum atomic E-state index is -0.309. The van der Waals surface area contributed by atoms with Crippen molar-refractivity contribution in [3.63, 3.8) is 0 Å². The van der Waals surface area contributed by atoms with Gasteiger partial charge in [-0.05, 0) is 24.0 Å². The highest BCUT2D eigenvalue weighted by molar-refractivity contribution is 7.21. The molecule has 1 fully saturated rings. The molecule has 3 rings (SSSR count). The first-order valence-electron chi connectivity index (χ1n) is 8.09. The Kier molecular flexibility index (Phi) is 6.09. The van der Waals surface area contributed by atoms with E-state index in [0.717, 1.165) is 11.1 Å². The number of benzene rings is 1. The van der Waals surface area contributed by atoms with Gasteiger partial charge in [0.25, 0.3) is 5.91 Å². The van der Waals surface area contributed by atoms with Crippen molar-refractivity contribution in [1.82, 2.24) is 4.90 Å². The summed E-state index contributed by atoms with van der Waals surface area (Å²) in [6.45, 7) is 5.62. The molecule has 2 aromatic rings. The smallest absolute Gasteiger partial charge is 0.264 e. The molecule has 1 unspecified atom stereocenters. The van der Waals surface area contributed by atoms with Crippen molar-refractivity contribution in [2.45, 2.75) is 32.9 Å². The molecule has 0 aliphatic carbocycles. The molecule has 138 valence electrons. The van der Waals surface area contributed by atoms with Crippen LogP contribution in [0.1, 0.15) is 35.5 Å². The van der Waals surface area contributed by atoms with Crippen molar-refractivity contribution in [2.75, 3.05) is 20.2 Å². The molecule has 2 N–H and O–H groups in total. The molecule has 25 heavy (non-hydrogen) atoms. The maximum Gasteiger partial charge on any atom is 0.264 e. The first-order chi connectivity index (χ1) is 11.3. The van der Waals surface area contributed by atoms with Crippen molar-refractivity contribution in [2.24, 2.45) is 11.1 Å². The van der Waals surface area contributed by atoms with Crippen LogP contribution < -0.4 is 5.73 Å². The van der Waals surface area contributed by atoms with Gasteiger partial charge < -0.3 is 15.4 Å². The molecule has 0 radical (unpaired) electrons. The van der Waals surface area contributed by atoms with E-state index < -0.39 is 0 Å². The maximum atomic E-state index is 14.3. The van der Waals surface area contributed by atoms with E-state index in [9.17, 15) is 9.18 Å². The van der Waals surface area contributed by atoms with Crippen LogP contribution in [0.2, 0.25) is 0 Å². The van der Waals surface area contributed by atoms with Gasteiger partial charge in [-0.1, -0.05) is 19.9 Å². The zero-order chi connectivity index (χ0) is 17.5. The summed E-state index contributed by atoms with van der Waals surface area (Å²) in [7, 11) is 1.56. The minimum Gasteiger partial charge on any atom is -0.380 e. The first-order valence-corrected chi connectivity index (χ1v) is 8.90. The predicted molar refractivity (Wildman–Crippen MR) is 102 cm³/mol. The maximum absolute atomic E-state index is 14.3. The highest BCUT2D eigenvalue weighted by Crippen LogP contribution is 2.36. The molecule has 7 heteroatoms. The van der Waals surface area contributed by atoms with Crippen molar-refractivity contribution in [3.05, 3.63) is 34.5 Å². The molecule has 0 bridgehead atoms. The number of halogens is 2. The minimum absolute atomic E-state index is 0. The van der Waals surface area contributed by atoms with Gasteiger partial charge in [0.2, 0.25) is 0 Å². The van der Waals surface area contributed by atoms with Gasteiger partial charge in [-0.25, -0.2) is 4.39 Å². The van der Waals surface area contributed by atoms with Crippen LogP contribution in [0.3, 0.4) is 0 Å². The normalized spacial score (nSPS) is 19.7. The second-order valence-corrected chi connectivity index (χ2v) is 8.12. The molecule has 1 aromatic heterocycles. The Hall–Kier alpha value is -1.21. The number of carbonyl (C=O) groups excluding carboxylic acids is 1. The third kappa shape index (κ3) is 3.67. The molecule has 1 aliphatic heterocycles. The molecule has 4 nitrogen and oxygen atoms in total. The van der Waals surface area contributed by atoms with Crippen LogP contribution in [-0.4, -0.2) is 37.0 Å². The molecule has 1 saturated heterocycles. The quantitative estimate of drug-likeness (QED) is 0.872. The summed E-state index contributed by atoms with van der Waals surface area (Å²) in [4.78, 5) is 15.5. The fourth-order valence-corrected chi connectivity index (χ4v) is 4.50. The Morgan fingerprint density at radius 2 is 2.20 bits per heavy atom. The van der Waals surface area contributed by atoms with Gasteiger partial charge in [0.05, 0.1) is 11.5 Å². The second kappa shape index (κ2) is 7.58. The average Bonchev–Trinajstić information content (AvgIpc) is 2.90. The van der Waals surface area contributed by atoms with E-state index in [0.29, 0.717) is 28.9 Å². The number of amides is 1. The Morgan fingerprint density at radius 3 is 2.84 bits per heavy atom. The number of likely N-dealkylation sites (tertiary alicyclic amines) is 1. The van der Waals surface area contributed by atoms with Gasteiger partial charge >= 0.3 is 0 Å². The number of thiophene rings is 1. The number of hydrogen-bond acceptors (Lipinski definition) is 4. The Bertz CT molecular complexity index is 778. The second-order valence-electron chi connectivity index (χ2n) is 7.07. The molecular formula is C18H24ClFN2O2S. The fourth-order valence-electron chi connectivity index (χ4n) is 3.31. The summed E-state index contributed by atoms with van der Waals surface area (Å²) in [6, 6.07) is 5.02. The van der Waals surface area contributed by atoms with Gasteiger partial charge in [0.1, 0.15) is 5.82 Å². The summed E-state index contributed by atoms with van der Waals surface area (Å²) in [6.07, 6.45) is 0.775. The summed E-state index contributed by atoms with van der Waals surface area (Å²) in [5.74, 6) is -0.363. The van der Waals surface area contributed by atoms with Crippen LogP contribution in [0.15, 0.2) is 18.2 Å². The molecule has 2 heterocycles. The third-order valence-electron chi connectivity index (χ3n) is 4.85. The highest BCUT2D eigenvalue weighted by atomic mass is 35.5. The van der Waals surface area contributed by atoms with E-state index in [2.05, 4.69) is 13.8 Å². The summed E-state index contributed by atoms with van der Waals surface area (Å²) in [5.41, 5.74) is 6.69. The Morgan fingerprint density at radius 1 is 1.48 bits per heavy atom. The lowest BCUT2D eigenvalue weighted by Gasteiger charge is -2.42. The number of nitrogens with zero attached hydrogens (tertiary/aromatic N) is 1. The summed E-state index contributed by atoms with van der Waals surface area (Å²) >= 11 is 1.34. The summed E-state index contributed by atoms with van der Waals surface area (Å²) < 4.78 is 20.3. The number of carbonyl (C=O) groups is 1. The van der Waals surface area contributed by atoms with E-state index in [1.54, 1.807) is 13.2 Å². The molecule has 1 aromatic carbocycles. The van der Waals surface area contributed by atoms with Crippen LogP contribution in [0.5, 0.6) is 0 Å². The SMILES string of the molecule is COCc1c(C(=O)N2CCC(N)C(C)(C)C2)sc2cccc(F)c12.Cl. The highest BCUT2D eigenvalue weighted by Gasteiger charge is 2.36. The zero-order valence-corrected chi connectivity index (χ0v) is 16.3. The van der Waals surface area contributed by atoms with Crippen LogP contribution in [-0.2, 0) is 11.3 Å². The Balaban J connectivity index is 0.00000225. The standard InChI is InChI=1S/C18H23FN2O2S.ClH/c1-18(2)10-21(8-7-14(18)20)17(22)16-11(9-23-3)15-12(19)5-4-6-13(15)24-16;/h4-6,14H,7-10,20H2,1-3H3;1H. The molecule has 1 aliphatic rings. The van der Waals surface area contributed by atoms with E-state index in [1.807, 2.05) is 11.0 Å². The van der Waals surface area contributed by atoms with Crippen molar-refractivity contribution in [3.8, 4) is 0 Å². The number of methoxy groups -OCH3 is 1. The topological polar surface area (TPSA) is 55.6 Å². The number of ether oxygens (including phenoxy) is 1. The van der Waals surface area contributed by atoms with Crippen LogP contribution in [0.4, 0.5) is 4.39 Å². The monoisotopic (exact) mass is 386 g/mol. The summed E-state index contributed by atoms with van der Waals surface area (Å²) in [5, 5.41) is 0.501. The average molecular weight is 387 g/mol. The number of rotatable bonds is 3. The van der Waals surface area contributed by atoms with Crippen LogP contribution in [0, 0.1) is 11.2 Å². The molecule has 0 saturated carbocycles. The van der Waals surface area contributed by atoms with Gasteiger partial charge in [-0.3, -0.25) is 4.79 Å². The molecule has 1 atom stereocenters. The Labute approximate surface area is 157 Å². The fraction of sp³-hybridized carbons (Fsp3) is 0.500. The van der Waals surface area contributed by atoms with Gasteiger partial charge in [-0.15, -0.1) is 23.7 Å². The van der Waals surface area contributed by atoms with Gasteiger partial charge in [0.15, 0.2) is 0 Å². The number of fused-ring (bicyclic) bond motifs is 1. The van der Waals surface area contributed by atoms with Crippen molar-refractivity contribution in [1.29, 1.82) is 0 Å². The zero-order valence-electron chi connectivity index (χ0n) is 14.7. The number of nitrogens with two attached hydrogens (primary N) is 1. The largest absolute Gasteiger partial charge is 0.380 e. The van der Waals surface area contributed by atoms with Crippen molar-refractivity contribution < 1.29 is 13.9 Å². The van der Waals surface area contributed by atoms with E-state index in [1.165, 1.54) is 17.4 Å². The van der Waals surface area contributed by atoms with Gasteiger partial charge in [0, 0.05) is 41.9 Å².